The summed E-state index contributed by atoms with van der Waals surface area (Å²) in [5.74, 6) is -3.03. The van der Waals surface area contributed by atoms with Crippen molar-refractivity contribution in [2.45, 2.75) is 72.1 Å². The van der Waals surface area contributed by atoms with Crippen molar-refractivity contribution in [1.29, 1.82) is 0 Å². The summed E-state index contributed by atoms with van der Waals surface area (Å²) in [5, 5.41) is 16.4. The van der Waals surface area contributed by atoms with E-state index in [-0.39, 0.29) is 18.3 Å². The zero-order valence-electron chi connectivity index (χ0n) is 16.3. The first-order valence-corrected chi connectivity index (χ1v) is 8.81. The van der Waals surface area contributed by atoms with E-state index >= 15 is 0 Å². The number of carboxylic acid groups (broad SMARTS) is 1. The predicted molar refractivity (Wildman–Crippen MR) is 97.0 cm³/mol. The lowest BCUT2D eigenvalue weighted by atomic mass is 10.00. The smallest absolute Gasteiger partial charge is 0.325 e. The van der Waals surface area contributed by atoms with Crippen LogP contribution in [0.15, 0.2) is 0 Å². The summed E-state index contributed by atoms with van der Waals surface area (Å²) in [5.41, 5.74) is 5.80. The maximum atomic E-state index is 12.5. The number of aliphatic carboxylic acids is 1. The Kier molecular flexibility index (Phi) is 9.85. The number of hydrogen-bond donors (Lipinski definition) is 5. The second kappa shape index (κ2) is 10.7. The Morgan fingerprint density at radius 3 is 1.77 bits per heavy atom. The number of rotatable bonds is 10. The Bertz CT molecular complexity index is 521. The highest BCUT2D eigenvalue weighted by Crippen LogP contribution is 2.06. The van der Waals surface area contributed by atoms with E-state index in [0.29, 0.717) is 0 Å². The quantitative estimate of drug-likeness (QED) is 0.352. The zero-order chi connectivity index (χ0) is 20.6. The van der Waals surface area contributed by atoms with Crippen LogP contribution in [-0.2, 0) is 19.2 Å². The van der Waals surface area contributed by atoms with Crippen molar-refractivity contribution in [3.05, 3.63) is 0 Å². The molecule has 0 aliphatic carbocycles. The van der Waals surface area contributed by atoms with E-state index in [0.717, 1.165) is 0 Å². The number of nitrogens with one attached hydrogen (secondary N) is 3. The van der Waals surface area contributed by atoms with Gasteiger partial charge in [0.05, 0.1) is 6.04 Å². The average molecular weight is 372 g/mol. The number of carboxylic acids is 1. The fourth-order valence-corrected chi connectivity index (χ4v) is 2.08. The van der Waals surface area contributed by atoms with Crippen molar-refractivity contribution in [3.8, 4) is 0 Å². The minimum atomic E-state index is -1.17. The van der Waals surface area contributed by atoms with E-state index in [1.165, 1.54) is 6.92 Å². The minimum Gasteiger partial charge on any atom is -0.480 e. The Labute approximate surface area is 154 Å². The molecule has 0 heterocycles. The summed E-state index contributed by atoms with van der Waals surface area (Å²) in [4.78, 5) is 47.7. The third-order valence-corrected chi connectivity index (χ3v) is 4.04. The molecule has 0 spiro atoms. The molecule has 26 heavy (non-hydrogen) atoms. The largest absolute Gasteiger partial charge is 0.480 e. The molecule has 0 rings (SSSR count). The molecule has 9 heteroatoms. The van der Waals surface area contributed by atoms with Crippen molar-refractivity contribution < 1.29 is 24.3 Å². The van der Waals surface area contributed by atoms with Crippen LogP contribution in [0, 0.1) is 11.8 Å². The van der Waals surface area contributed by atoms with E-state index < -0.39 is 47.9 Å². The lowest BCUT2D eigenvalue weighted by Gasteiger charge is -2.26. The summed E-state index contributed by atoms with van der Waals surface area (Å²) in [6.45, 7) is 10.1. The van der Waals surface area contributed by atoms with Gasteiger partial charge < -0.3 is 26.8 Å². The van der Waals surface area contributed by atoms with Gasteiger partial charge in [0, 0.05) is 0 Å². The van der Waals surface area contributed by atoms with Crippen LogP contribution in [0.25, 0.3) is 0 Å². The number of hydrogen-bond acceptors (Lipinski definition) is 5. The minimum absolute atomic E-state index is 0.0856. The Morgan fingerprint density at radius 1 is 0.846 bits per heavy atom. The van der Waals surface area contributed by atoms with Crippen LogP contribution in [0.3, 0.4) is 0 Å². The van der Waals surface area contributed by atoms with Crippen LogP contribution >= 0.6 is 0 Å². The normalized spacial score (nSPS) is 15.7. The molecule has 9 nitrogen and oxygen atoms in total. The Hall–Kier alpha value is -2.16. The maximum Gasteiger partial charge on any atom is 0.325 e. The van der Waals surface area contributed by atoms with Gasteiger partial charge in [0.15, 0.2) is 0 Å². The molecule has 0 fully saturated rings. The van der Waals surface area contributed by atoms with Crippen LogP contribution in [0.4, 0.5) is 0 Å². The third-order valence-electron chi connectivity index (χ3n) is 4.04. The van der Waals surface area contributed by atoms with Crippen LogP contribution in [-0.4, -0.2) is 53.0 Å². The van der Waals surface area contributed by atoms with E-state index in [2.05, 4.69) is 16.0 Å². The lowest BCUT2D eigenvalue weighted by Crippen LogP contribution is -2.58. The van der Waals surface area contributed by atoms with Gasteiger partial charge in [-0.05, 0) is 25.2 Å². The van der Waals surface area contributed by atoms with Crippen LogP contribution in [0.1, 0.15) is 48.0 Å². The van der Waals surface area contributed by atoms with Crippen LogP contribution in [0.2, 0.25) is 0 Å². The van der Waals surface area contributed by atoms with Gasteiger partial charge in [-0.25, -0.2) is 0 Å². The van der Waals surface area contributed by atoms with Gasteiger partial charge in [-0.3, -0.25) is 19.2 Å². The molecular weight excluding hydrogens is 340 g/mol. The van der Waals surface area contributed by atoms with E-state index in [9.17, 15) is 19.2 Å². The number of nitrogens with two attached hydrogens (primary N) is 1. The van der Waals surface area contributed by atoms with E-state index in [1.807, 2.05) is 0 Å². The first-order chi connectivity index (χ1) is 11.9. The van der Waals surface area contributed by atoms with Gasteiger partial charge in [-0.15, -0.1) is 0 Å². The number of carbonyl (C=O) groups excluding carboxylic acids is 3. The van der Waals surface area contributed by atoms with E-state index in [1.54, 1.807) is 34.6 Å². The van der Waals surface area contributed by atoms with Gasteiger partial charge in [-0.1, -0.05) is 34.6 Å². The lowest BCUT2D eigenvalue weighted by molar-refractivity contribution is -0.141. The van der Waals surface area contributed by atoms with Crippen molar-refractivity contribution >= 4 is 23.7 Å². The van der Waals surface area contributed by atoms with Crippen LogP contribution < -0.4 is 21.7 Å². The highest BCUT2D eigenvalue weighted by molar-refractivity contribution is 5.94. The second-order valence-electron chi connectivity index (χ2n) is 7.04. The summed E-state index contributed by atoms with van der Waals surface area (Å²) in [6, 6.07) is -3.57. The first-order valence-electron chi connectivity index (χ1n) is 8.81. The van der Waals surface area contributed by atoms with Crippen molar-refractivity contribution in [3.63, 3.8) is 0 Å². The molecule has 0 aliphatic rings. The predicted octanol–water partition coefficient (Wildman–Crippen LogP) is -0.405. The molecule has 3 amide bonds. The van der Waals surface area contributed by atoms with Crippen LogP contribution in [0.5, 0.6) is 0 Å². The number of amides is 3. The fourth-order valence-electron chi connectivity index (χ4n) is 2.08. The maximum absolute atomic E-state index is 12.5. The fraction of sp³-hybridized carbons (Fsp3) is 0.765. The molecule has 150 valence electrons. The highest BCUT2D eigenvalue weighted by atomic mass is 16.4. The number of carbonyl (C=O) groups is 4. The summed E-state index contributed by atoms with van der Waals surface area (Å²) in [6.07, 6.45) is 0.272. The molecular formula is C17H32N4O5. The summed E-state index contributed by atoms with van der Waals surface area (Å²) in [7, 11) is 0. The molecule has 6 N–H and O–H groups in total. The molecule has 0 saturated heterocycles. The molecule has 0 aromatic rings. The summed E-state index contributed by atoms with van der Waals surface area (Å²) < 4.78 is 0. The van der Waals surface area contributed by atoms with Crippen molar-refractivity contribution in [1.82, 2.24) is 16.0 Å². The topological polar surface area (TPSA) is 151 Å². The molecule has 0 aromatic heterocycles. The van der Waals surface area contributed by atoms with Gasteiger partial charge >= 0.3 is 5.97 Å². The molecule has 0 aliphatic heterocycles. The second-order valence-corrected chi connectivity index (χ2v) is 7.04. The molecule has 0 unspecified atom stereocenters. The van der Waals surface area contributed by atoms with Gasteiger partial charge in [0.25, 0.3) is 0 Å². The molecule has 0 saturated carbocycles. The Balaban J connectivity index is 5.04. The monoisotopic (exact) mass is 372 g/mol. The summed E-state index contributed by atoms with van der Waals surface area (Å²) >= 11 is 0. The molecule has 0 radical (unpaired) electrons. The highest BCUT2D eigenvalue weighted by Gasteiger charge is 2.30. The SMILES string of the molecule is CC[C@H](NC(=O)[C@@H](NC(=O)[C@@H](N)C(C)C)C(C)C)C(=O)N[C@@H](C)C(=O)O. The molecule has 0 aromatic carbocycles. The van der Waals surface area contributed by atoms with Crippen molar-refractivity contribution in [2.75, 3.05) is 0 Å². The average Bonchev–Trinajstić information content (AvgIpc) is 2.55. The third kappa shape index (κ3) is 7.38. The standard InChI is InChI=1S/C17H32N4O5/c1-7-11(14(22)19-10(6)17(25)26)20-16(24)13(9(4)5)21-15(23)12(18)8(2)3/h8-13H,7,18H2,1-6H3,(H,19,22)(H,20,24)(H,21,23)(H,25,26)/t10-,11-,12-,13-/m0/s1. The van der Waals surface area contributed by atoms with Gasteiger partial charge in [-0.2, -0.15) is 0 Å². The Morgan fingerprint density at radius 2 is 1.38 bits per heavy atom. The zero-order valence-corrected chi connectivity index (χ0v) is 16.3. The van der Waals surface area contributed by atoms with E-state index in [4.69, 9.17) is 10.8 Å². The van der Waals surface area contributed by atoms with Gasteiger partial charge in [0.2, 0.25) is 17.7 Å². The molecule has 4 atom stereocenters. The van der Waals surface area contributed by atoms with Crippen molar-refractivity contribution in [2.24, 2.45) is 17.6 Å². The molecule has 0 bridgehead atoms. The van der Waals surface area contributed by atoms with Gasteiger partial charge in [0.1, 0.15) is 18.1 Å². The first kappa shape index (κ1) is 23.8.